The standard InChI is InChI=1S/C23H26N6O4S/c1-13(30)24-15-8-10-16(11-9-15)25-17(31)12-34-21-18-20(28(2)23(33)29(3)22(18)32)26-19(27-21)14-6-4-5-7-14/h8-11,14,18H,4-7,12H2,1-3H3,(H-,24,25,30,31)/p+1. The minimum atomic E-state index is -0.799. The molecule has 4 rings (SSSR count). The number of amides is 5. The van der Waals surface area contributed by atoms with Gasteiger partial charge in [-0.2, -0.15) is 9.48 Å². The van der Waals surface area contributed by atoms with Crippen molar-refractivity contribution in [1.29, 1.82) is 0 Å². The zero-order chi connectivity index (χ0) is 24.4. The quantitative estimate of drug-likeness (QED) is 0.623. The first-order chi connectivity index (χ1) is 16.2. The second-order valence-corrected chi connectivity index (χ2v) is 9.52. The van der Waals surface area contributed by atoms with E-state index in [1.165, 1.54) is 30.3 Å². The molecule has 2 heterocycles. The lowest BCUT2D eigenvalue weighted by Gasteiger charge is -2.27. The highest BCUT2D eigenvalue weighted by Crippen LogP contribution is 2.32. The molecule has 1 aliphatic carbocycles. The third kappa shape index (κ3) is 4.93. The first-order valence-electron chi connectivity index (χ1n) is 11.1. The number of imide groups is 1. The SMILES string of the molecule is CC(=O)Nc1ccc(NC(=O)CSC2=NC(C3CCCC3)=NC3=[N+](C)C(=O)N(C)C(=O)C23)cc1. The molecule has 3 aliphatic rings. The maximum Gasteiger partial charge on any atom is 0.445 e. The number of anilines is 2. The van der Waals surface area contributed by atoms with Crippen LogP contribution in [0.1, 0.15) is 32.6 Å². The van der Waals surface area contributed by atoms with Crippen LogP contribution in [-0.2, 0) is 14.4 Å². The summed E-state index contributed by atoms with van der Waals surface area (Å²) >= 11 is 1.19. The van der Waals surface area contributed by atoms with Crippen LogP contribution in [0.3, 0.4) is 0 Å². The van der Waals surface area contributed by atoms with E-state index in [1.54, 1.807) is 31.3 Å². The van der Waals surface area contributed by atoms with Crippen molar-refractivity contribution in [3.8, 4) is 0 Å². The summed E-state index contributed by atoms with van der Waals surface area (Å²) in [6.07, 6.45) is 4.14. The van der Waals surface area contributed by atoms with Gasteiger partial charge in [0, 0.05) is 24.2 Å². The molecule has 34 heavy (non-hydrogen) atoms. The fourth-order valence-electron chi connectivity index (χ4n) is 4.25. The number of hydrogen-bond donors (Lipinski definition) is 2. The molecular weight excluding hydrogens is 456 g/mol. The van der Waals surface area contributed by atoms with Crippen molar-refractivity contribution < 1.29 is 23.8 Å². The third-order valence-electron chi connectivity index (χ3n) is 6.01. The van der Waals surface area contributed by atoms with Gasteiger partial charge in [-0.1, -0.05) is 29.6 Å². The van der Waals surface area contributed by atoms with Crippen LogP contribution in [0.2, 0.25) is 0 Å². The Kier molecular flexibility index (Phi) is 6.92. The molecule has 5 amide bonds. The summed E-state index contributed by atoms with van der Waals surface area (Å²) < 4.78 is 1.40. The molecular formula is C23H27N6O4S+. The Hall–Kier alpha value is -3.34. The van der Waals surface area contributed by atoms with Gasteiger partial charge < -0.3 is 10.6 Å². The van der Waals surface area contributed by atoms with Crippen LogP contribution in [-0.4, -0.2) is 69.8 Å². The van der Waals surface area contributed by atoms with Gasteiger partial charge >= 0.3 is 11.9 Å². The number of aliphatic imine (C=N–C) groups is 2. The maximum absolute atomic E-state index is 13.0. The van der Waals surface area contributed by atoms with E-state index in [0.717, 1.165) is 30.6 Å². The van der Waals surface area contributed by atoms with E-state index >= 15 is 0 Å². The number of nitrogens with one attached hydrogen (secondary N) is 2. The van der Waals surface area contributed by atoms with Crippen molar-refractivity contribution in [3.63, 3.8) is 0 Å². The van der Waals surface area contributed by atoms with Crippen LogP contribution < -0.4 is 10.6 Å². The average molecular weight is 484 g/mol. The Balaban J connectivity index is 1.50. The molecule has 1 aromatic carbocycles. The highest BCUT2D eigenvalue weighted by atomic mass is 32.2. The number of nitrogens with zero attached hydrogens (tertiary/aromatic N) is 4. The monoisotopic (exact) mass is 483 g/mol. The zero-order valence-corrected chi connectivity index (χ0v) is 20.1. The van der Waals surface area contributed by atoms with Gasteiger partial charge in [-0.15, -0.1) is 0 Å². The van der Waals surface area contributed by atoms with Gasteiger partial charge in [0.1, 0.15) is 5.04 Å². The largest absolute Gasteiger partial charge is 0.445 e. The number of urea groups is 1. The van der Waals surface area contributed by atoms with Crippen molar-refractivity contribution in [2.24, 2.45) is 21.8 Å². The molecule has 2 N–H and O–H groups in total. The number of benzene rings is 1. The maximum atomic E-state index is 13.0. The summed E-state index contributed by atoms with van der Waals surface area (Å²) in [6.45, 7) is 1.43. The van der Waals surface area contributed by atoms with Crippen LogP contribution in [0.5, 0.6) is 0 Å². The molecule has 0 aromatic heterocycles. The van der Waals surface area contributed by atoms with Crippen molar-refractivity contribution in [2.75, 3.05) is 30.5 Å². The van der Waals surface area contributed by atoms with E-state index in [-0.39, 0.29) is 23.5 Å². The highest BCUT2D eigenvalue weighted by molar-refractivity contribution is 8.14. The smallest absolute Gasteiger partial charge is 0.326 e. The molecule has 1 fully saturated rings. The Bertz CT molecular complexity index is 1130. The Morgan fingerprint density at radius 1 is 1.09 bits per heavy atom. The molecule has 0 bridgehead atoms. The fourth-order valence-corrected chi connectivity index (χ4v) is 5.13. The first-order valence-corrected chi connectivity index (χ1v) is 12.1. The second-order valence-electron chi connectivity index (χ2n) is 8.53. The lowest BCUT2D eigenvalue weighted by atomic mass is 10.0. The summed E-state index contributed by atoms with van der Waals surface area (Å²) in [5, 5.41) is 5.97. The van der Waals surface area contributed by atoms with E-state index in [2.05, 4.69) is 15.6 Å². The predicted molar refractivity (Wildman–Crippen MR) is 132 cm³/mol. The highest BCUT2D eigenvalue weighted by Gasteiger charge is 2.49. The summed E-state index contributed by atoms with van der Waals surface area (Å²) in [4.78, 5) is 59.6. The Morgan fingerprint density at radius 3 is 2.32 bits per heavy atom. The minimum absolute atomic E-state index is 0.0443. The van der Waals surface area contributed by atoms with Gasteiger partial charge in [0.2, 0.25) is 17.6 Å². The van der Waals surface area contributed by atoms with Gasteiger partial charge in [0.25, 0.3) is 5.84 Å². The van der Waals surface area contributed by atoms with Crippen LogP contribution in [0, 0.1) is 11.8 Å². The minimum Gasteiger partial charge on any atom is -0.326 e. The molecule has 10 nitrogen and oxygen atoms in total. The molecule has 178 valence electrons. The van der Waals surface area contributed by atoms with Gasteiger partial charge in [-0.25, -0.2) is 9.79 Å². The summed E-state index contributed by atoms with van der Waals surface area (Å²) in [5.41, 5.74) is 1.22. The van der Waals surface area contributed by atoms with Crippen molar-refractivity contribution >= 4 is 63.6 Å². The van der Waals surface area contributed by atoms with Gasteiger partial charge in [0.05, 0.1) is 19.8 Å². The number of amidine groups is 2. The van der Waals surface area contributed by atoms with E-state index in [9.17, 15) is 19.2 Å². The number of carbonyl (C=O) groups is 4. The van der Waals surface area contributed by atoms with Crippen molar-refractivity contribution in [3.05, 3.63) is 24.3 Å². The molecule has 0 saturated heterocycles. The molecule has 0 spiro atoms. The van der Waals surface area contributed by atoms with Crippen molar-refractivity contribution in [1.82, 2.24) is 4.90 Å². The van der Waals surface area contributed by atoms with Crippen LogP contribution in [0.4, 0.5) is 16.2 Å². The summed E-state index contributed by atoms with van der Waals surface area (Å²) in [5.74, 6) is -0.374. The van der Waals surface area contributed by atoms with E-state index in [1.807, 2.05) is 0 Å². The number of thioether (sulfide) groups is 1. The first kappa shape index (κ1) is 23.8. The number of fused-ring (bicyclic) bond motifs is 1. The average Bonchev–Trinajstić information content (AvgIpc) is 3.35. The molecule has 1 unspecified atom stereocenters. The molecule has 1 aromatic rings. The lowest BCUT2D eigenvalue weighted by Crippen LogP contribution is -2.55. The van der Waals surface area contributed by atoms with Crippen LogP contribution in [0.15, 0.2) is 34.3 Å². The van der Waals surface area contributed by atoms with E-state index < -0.39 is 17.9 Å². The topological polar surface area (TPSA) is 123 Å². The Morgan fingerprint density at radius 2 is 1.71 bits per heavy atom. The second kappa shape index (κ2) is 9.88. The molecule has 11 heteroatoms. The van der Waals surface area contributed by atoms with E-state index in [0.29, 0.717) is 28.1 Å². The normalized spacial score (nSPS) is 20.7. The zero-order valence-electron chi connectivity index (χ0n) is 19.3. The number of hydrogen-bond acceptors (Lipinski definition) is 7. The van der Waals surface area contributed by atoms with Crippen molar-refractivity contribution in [2.45, 2.75) is 32.6 Å². The van der Waals surface area contributed by atoms with Crippen LogP contribution >= 0.6 is 11.8 Å². The molecule has 1 atom stereocenters. The number of carbonyl (C=O) groups excluding carboxylic acids is 4. The summed E-state index contributed by atoms with van der Waals surface area (Å²) in [6, 6.07) is 6.36. The van der Waals surface area contributed by atoms with Crippen LogP contribution in [0.25, 0.3) is 0 Å². The molecule has 0 radical (unpaired) electrons. The van der Waals surface area contributed by atoms with Gasteiger partial charge in [-0.05, 0) is 37.1 Å². The molecule has 1 saturated carbocycles. The number of rotatable bonds is 5. The Labute approximate surface area is 201 Å². The predicted octanol–water partition coefficient (Wildman–Crippen LogP) is 2.57. The third-order valence-corrected chi connectivity index (χ3v) is 7.04. The van der Waals surface area contributed by atoms with Gasteiger partial charge in [0.15, 0.2) is 5.92 Å². The summed E-state index contributed by atoms with van der Waals surface area (Å²) in [7, 11) is 3.04. The fraction of sp³-hybridized carbons (Fsp3) is 0.435. The van der Waals surface area contributed by atoms with Gasteiger partial charge in [-0.3, -0.25) is 14.4 Å². The molecule has 2 aliphatic heterocycles. The lowest BCUT2D eigenvalue weighted by molar-refractivity contribution is -0.407. The van der Waals surface area contributed by atoms with E-state index in [4.69, 9.17) is 4.99 Å².